The van der Waals surface area contributed by atoms with E-state index in [0.717, 1.165) is 22.8 Å². The molecule has 6 nitrogen and oxygen atoms in total. The van der Waals surface area contributed by atoms with E-state index in [0.29, 0.717) is 36.1 Å². The minimum atomic E-state index is -0.393. The van der Waals surface area contributed by atoms with Crippen molar-refractivity contribution < 1.29 is 4.92 Å². The minimum absolute atomic E-state index is 0. The Hall–Kier alpha value is -3.12. The predicted molar refractivity (Wildman–Crippen MR) is 127 cm³/mol. The normalized spacial score (nSPS) is 11.4. The Morgan fingerprint density at radius 1 is 1.13 bits per heavy atom. The molecule has 0 unspecified atom stereocenters. The van der Waals surface area contributed by atoms with Crippen LogP contribution in [0.3, 0.4) is 0 Å². The molecule has 3 aromatic rings. The number of anilines is 1. The maximum atomic E-state index is 11.6. The van der Waals surface area contributed by atoms with Crippen LogP contribution in [0, 0.1) is 16.0 Å². The maximum absolute atomic E-state index is 11.6. The molecule has 0 aliphatic rings. The van der Waals surface area contributed by atoms with Crippen LogP contribution >= 0.6 is 12.4 Å². The summed E-state index contributed by atoms with van der Waals surface area (Å²) in [6.07, 6.45) is 0.924. The topological polar surface area (TPSA) is 93.5 Å². The number of nitrogens with two attached hydrogens (primary N) is 1. The van der Waals surface area contributed by atoms with Crippen LogP contribution in [0.1, 0.15) is 31.4 Å². The number of fused-ring (bicyclic) bond motifs is 1. The molecule has 0 spiro atoms. The standard InChI is InChI=1S/C23H26N4O2.ClH/c1-16(2)12-13-25-23(24)18-10-11-21(22(14-18)27(28)29)26-15-19-8-5-7-17-6-3-4-9-20(17)19;/h3-11,14,16,26H,12-13,15H2,1-2H3,(H2,24,25);1H. The lowest BCUT2D eigenvalue weighted by atomic mass is 10.0. The van der Waals surface area contributed by atoms with E-state index in [4.69, 9.17) is 5.73 Å². The molecule has 0 saturated carbocycles. The summed E-state index contributed by atoms with van der Waals surface area (Å²) in [7, 11) is 0. The summed E-state index contributed by atoms with van der Waals surface area (Å²) in [5.74, 6) is 0.857. The first-order chi connectivity index (χ1) is 14.0. The Bertz CT molecular complexity index is 1050. The van der Waals surface area contributed by atoms with E-state index in [9.17, 15) is 10.1 Å². The molecule has 3 rings (SSSR count). The second-order valence-corrected chi connectivity index (χ2v) is 7.43. The third-order valence-corrected chi connectivity index (χ3v) is 4.83. The van der Waals surface area contributed by atoms with Gasteiger partial charge in [-0.25, -0.2) is 0 Å². The average Bonchev–Trinajstić information content (AvgIpc) is 2.71. The highest BCUT2D eigenvalue weighted by Gasteiger charge is 2.16. The summed E-state index contributed by atoms with van der Waals surface area (Å²) < 4.78 is 0. The van der Waals surface area contributed by atoms with E-state index in [1.54, 1.807) is 12.1 Å². The highest BCUT2D eigenvalue weighted by molar-refractivity contribution is 5.98. The molecule has 0 aliphatic heterocycles. The number of aliphatic imine (C=N–C) groups is 1. The van der Waals surface area contributed by atoms with Crippen molar-refractivity contribution in [3.63, 3.8) is 0 Å². The van der Waals surface area contributed by atoms with Crippen LogP contribution in [0.2, 0.25) is 0 Å². The van der Waals surface area contributed by atoms with Crippen molar-refractivity contribution in [2.24, 2.45) is 16.6 Å². The number of hydrogen-bond acceptors (Lipinski definition) is 4. The molecule has 158 valence electrons. The molecule has 0 bridgehead atoms. The molecule has 0 aromatic heterocycles. The number of nitrogens with one attached hydrogen (secondary N) is 1. The molecule has 3 aromatic carbocycles. The number of nitrogens with zero attached hydrogens (tertiary/aromatic N) is 2. The Labute approximate surface area is 182 Å². The fraction of sp³-hybridized carbons (Fsp3) is 0.261. The summed E-state index contributed by atoms with van der Waals surface area (Å²) in [6.45, 7) is 5.33. The molecule has 3 N–H and O–H groups in total. The number of hydrogen-bond donors (Lipinski definition) is 2. The van der Waals surface area contributed by atoms with Crippen molar-refractivity contribution in [1.29, 1.82) is 0 Å². The van der Waals surface area contributed by atoms with E-state index in [2.05, 4.69) is 42.4 Å². The quantitative estimate of drug-likeness (QED) is 0.214. The van der Waals surface area contributed by atoms with Gasteiger partial charge in [-0.15, -0.1) is 12.4 Å². The van der Waals surface area contributed by atoms with Gasteiger partial charge < -0.3 is 11.1 Å². The fourth-order valence-electron chi connectivity index (χ4n) is 3.16. The smallest absolute Gasteiger partial charge is 0.293 e. The lowest BCUT2D eigenvalue weighted by molar-refractivity contribution is -0.384. The lowest BCUT2D eigenvalue weighted by Crippen LogP contribution is -2.15. The van der Waals surface area contributed by atoms with E-state index in [1.165, 1.54) is 6.07 Å². The zero-order valence-corrected chi connectivity index (χ0v) is 18.0. The van der Waals surface area contributed by atoms with Crippen molar-refractivity contribution in [2.75, 3.05) is 11.9 Å². The predicted octanol–water partition coefficient (Wildman–Crippen LogP) is 5.53. The highest BCUT2D eigenvalue weighted by Crippen LogP contribution is 2.27. The van der Waals surface area contributed by atoms with E-state index >= 15 is 0 Å². The number of amidine groups is 1. The van der Waals surface area contributed by atoms with Gasteiger partial charge >= 0.3 is 0 Å². The molecular weight excluding hydrogens is 400 g/mol. The van der Waals surface area contributed by atoms with Crippen LogP contribution in [0.25, 0.3) is 10.8 Å². The third-order valence-electron chi connectivity index (χ3n) is 4.83. The fourth-order valence-corrected chi connectivity index (χ4v) is 3.16. The van der Waals surface area contributed by atoms with E-state index in [-0.39, 0.29) is 18.1 Å². The molecule has 0 atom stereocenters. The first kappa shape index (κ1) is 23.2. The Morgan fingerprint density at radius 2 is 1.87 bits per heavy atom. The molecule has 0 heterocycles. The van der Waals surface area contributed by atoms with Gasteiger partial charge in [-0.1, -0.05) is 56.3 Å². The van der Waals surface area contributed by atoms with Crippen LogP contribution in [0.15, 0.2) is 65.7 Å². The third kappa shape index (κ3) is 5.70. The molecule has 0 amide bonds. The zero-order valence-electron chi connectivity index (χ0n) is 17.2. The zero-order chi connectivity index (χ0) is 20.8. The second kappa shape index (κ2) is 10.6. The van der Waals surface area contributed by atoms with Crippen LogP contribution < -0.4 is 11.1 Å². The van der Waals surface area contributed by atoms with Crippen LogP contribution in [0.5, 0.6) is 0 Å². The highest BCUT2D eigenvalue weighted by atomic mass is 35.5. The molecule has 0 aliphatic carbocycles. The van der Waals surface area contributed by atoms with Crippen molar-refractivity contribution in [3.8, 4) is 0 Å². The van der Waals surface area contributed by atoms with Gasteiger partial charge in [0.15, 0.2) is 0 Å². The summed E-state index contributed by atoms with van der Waals surface area (Å²) in [5.41, 5.74) is 8.13. The Morgan fingerprint density at radius 3 is 2.60 bits per heavy atom. The van der Waals surface area contributed by atoms with Crippen molar-refractivity contribution >= 4 is 40.4 Å². The van der Waals surface area contributed by atoms with E-state index < -0.39 is 4.92 Å². The van der Waals surface area contributed by atoms with Crippen LogP contribution in [-0.4, -0.2) is 17.3 Å². The van der Waals surface area contributed by atoms with Crippen molar-refractivity contribution in [2.45, 2.75) is 26.8 Å². The molecule has 0 saturated heterocycles. The van der Waals surface area contributed by atoms with Gasteiger partial charge in [0.2, 0.25) is 0 Å². The van der Waals surface area contributed by atoms with Gasteiger partial charge in [0.1, 0.15) is 11.5 Å². The number of nitro benzene ring substituents is 1. The molecule has 30 heavy (non-hydrogen) atoms. The van der Waals surface area contributed by atoms with Gasteiger partial charge in [-0.2, -0.15) is 0 Å². The van der Waals surface area contributed by atoms with Gasteiger partial charge in [0.05, 0.1) is 4.92 Å². The van der Waals surface area contributed by atoms with Gasteiger partial charge in [-0.3, -0.25) is 15.1 Å². The first-order valence-corrected chi connectivity index (χ1v) is 9.75. The maximum Gasteiger partial charge on any atom is 0.293 e. The van der Waals surface area contributed by atoms with Crippen molar-refractivity contribution in [3.05, 3.63) is 81.9 Å². The van der Waals surface area contributed by atoms with Gasteiger partial charge in [0.25, 0.3) is 5.69 Å². The van der Waals surface area contributed by atoms with Crippen molar-refractivity contribution in [1.82, 2.24) is 0 Å². The number of benzene rings is 3. The first-order valence-electron chi connectivity index (χ1n) is 9.75. The molecular formula is C23H27ClN4O2. The van der Waals surface area contributed by atoms with Crippen LogP contribution in [-0.2, 0) is 6.54 Å². The summed E-state index contributed by atoms with van der Waals surface area (Å²) >= 11 is 0. The largest absolute Gasteiger partial charge is 0.384 e. The molecule has 0 radical (unpaired) electrons. The average molecular weight is 427 g/mol. The number of rotatable bonds is 8. The summed E-state index contributed by atoms with van der Waals surface area (Å²) in [6, 6.07) is 19.1. The monoisotopic (exact) mass is 426 g/mol. The molecule has 0 fully saturated rings. The Balaban J connectivity index is 0.00000320. The minimum Gasteiger partial charge on any atom is -0.384 e. The lowest BCUT2D eigenvalue weighted by Gasteiger charge is -2.11. The van der Waals surface area contributed by atoms with Gasteiger partial charge in [-0.05, 0) is 40.8 Å². The number of nitro groups is 1. The van der Waals surface area contributed by atoms with Crippen LogP contribution in [0.4, 0.5) is 11.4 Å². The number of halogens is 1. The summed E-state index contributed by atoms with van der Waals surface area (Å²) in [4.78, 5) is 15.6. The van der Waals surface area contributed by atoms with Gasteiger partial charge in [0, 0.05) is 24.7 Å². The molecule has 7 heteroatoms. The SMILES string of the molecule is CC(C)CCN=C(N)c1ccc(NCc2cccc3ccccc23)c([N+](=O)[O-])c1.Cl. The van der Waals surface area contributed by atoms with E-state index in [1.807, 2.05) is 24.3 Å². The summed E-state index contributed by atoms with van der Waals surface area (Å²) in [5, 5.41) is 17.1. The Kier molecular flexibility index (Phi) is 8.18. The second-order valence-electron chi connectivity index (χ2n) is 7.43.